The third-order valence-electron chi connectivity index (χ3n) is 4.10. The molecule has 7 heteroatoms. The van der Waals surface area contributed by atoms with Gasteiger partial charge in [0.25, 0.3) is 0 Å². The van der Waals surface area contributed by atoms with E-state index in [1.165, 1.54) is 17.8 Å². The fraction of sp³-hybridized carbons (Fsp3) is 0.278. The van der Waals surface area contributed by atoms with Crippen LogP contribution in [-0.4, -0.2) is 19.8 Å². The van der Waals surface area contributed by atoms with Crippen LogP contribution in [0.1, 0.15) is 23.6 Å². The largest absolute Gasteiger partial charge is 0.485 e. The lowest BCUT2D eigenvalue weighted by Gasteiger charge is -2.15. The van der Waals surface area contributed by atoms with Crippen LogP contribution in [0.2, 0.25) is 0 Å². The smallest absolute Gasteiger partial charge is 0.368 e. The molecule has 2 aromatic carbocycles. The molecule has 3 aromatic rings. The number of tetrazole rings is 1. The Morgan fingerprint density at radius 3 is 2.56 bits per heavy atom. The van der Waals surface area contributed by atoms with Gasteiger partial charge in [-0.2, -0.15) is 9.36 Å². The van der Waals surface area contributed by atoms with Crippen LogP contribution >= 0.6 is 0 Å². The first kappa shape index (κ1) is 16.9. The molecule has 0 bridgehead atoms. The van der Waals surface area contributed by atoms with Crippen molar-refractivity contribution in [2.45, 2.75) is 26.9 Å². The van der Waals surface area contributed by atoms with Gasteiger partial charge in [-0.3, -0.25) is 0 Å². The summed E-state index contributed by atoms with van der Waals surface area (Å²) in [5.41, 5.74) is 2.74. The topological polar surface area (TPSA) is 61.9 Å². The van der Waals surface area contributed by atoms with E-state index < -0.39 is 5.82 Å². The number of hydrogen-bond donors (Lipinski definition) is 0. The number of aryl methyl sites for hydroxylation is 3. The Morgan fingerprint density at radius 1 is 1.16 bits per heavy atom. The Bertz CT molecular complexity index is 942. The van der Waals surface area contributed by atoms with Gasteiger partial charge in [0.2, 0.25) is 0 Å². The highest BCUT2D eigenvalue weighted by molar-refractivity contribution is 5.45. The van der Waals surface area contributed by atoms with E-state index in [0.717, 1.165) is 22.2 Å². The molecule has 0 spiro atoms. The molecule has 25 heavy (non-hydrogen) atoms. The van der Waals surface area contributed by atoms with Crippen LogP contribution in [-0.2, 0) is 20.1 Å². The molecule has 0 aliphatic rings. The summed E-state index contributed by atoms with van der Waals surface area (Å²) in [6.07, 6.45) is 0.748. The Hall–Kier alpha value is -2.96. The summed E-state index contributed by atoms with van der Waals surface area (Å²) in [5.74, 6) is -0.196. The number of benzene rings is 2. The first-order valence-corrected chi connectivity index (χ1v) is 8.01. The number of hydrogen-bond acceptors (Lipinski definition) is 4. The van der Waals surface area contributed by atoms with Crippen LogP contribution in [0.25, 0.3) is 5.69 Å². The molecule has 1 aromatic heterocycles. The lowest BCUT2D eigenvalue weighted by molar-refractivity contribution is 0.286. The highest BCUT2D eigenvalue weighted by Gasteiger charge is 2.16. The van der Waals surface area contributed by atoms with Crippen LogP contribution in [0.5, 0.6) is 5.75 Å². The Morgan fingerprint density at radius 2 is 1.92 bits per heavy atom. The number of halogens is 1. The summed E-state index contributed by atoms with van der Waals surface area (Å²) in [5, 5.41) is 7.65. The lowest BCUT2D eigenvalue weighted by Crippen LogP contribution is -2.23. The summed E-state index contributed by atoms with van der Waals surface area (Å²) in [6.45, 7) is 3.93. The van der Waals surface area contributed by atoms with Crippen molar-refractivity contribution >= 4 is 0 Å². The number of rotatable bonds is 5. The molecule has 1 heterocycles. The Balaban J connectivity index is 2.03. The zero-order valence-electron chi connectivity index (χ0n) is 14.4. The van der Waals surface area contributed by atoms with Gasteiger partial charge in [-0.1, -0.05) is 31.2 Å². The van der Waals surface area contributed by atoms with Crippen LogP contribution in [0.15, 0.2) is 41.2 Å². The summed E-state index contributed by atoms with van der Waals surface area (Å²) < 4.78 is 22.2. The molecular weight excluding hydrogens is 323 g/mol. The van der Waals surface area contributed by atoms with Gasteiger partial charge in [-0.15, -0.1) is 0 Å². The average Bonchev–Trinajstić information content (AvgIpc) is 2.93. The fourth-order valence-electron chi connectivity index (χ4n) is 2.73. The Labute approximate surface area is 144 Å². The second-order valence-corrected chi connectivity index (χ2v) is 5.74. The normalized spacial score (nSPS) is 10.9. The molecule has 0 unspecified atom stereocenters. The average molecular weight is 342 g/mol. The van der Waals surface area contributed by atoms with E-state index in [-0.39, 0.29) is 18.0 Å². The molecule has 0 fully saturated rings. The molecule has 0 aliphatic carbocycles. The standard InChI is InChI=1S/C18H19FN4O2/c1-4-13-8-6-10-16(23-18(24)22(3)20-21-23)14(13)11-25-17-12(2)7-5-9-15(17)19/h5-10H,4,11H2,1-3H3. The van der Waals surface area contributed by atoms with Gasteiger partial charge >= 0.3 is 5.69 Å². The minimum atomic E-state index is -0.410. The van der Waals surface area contributed by atoms with Crippen molar-refractivity contribution in [3.8, 4) is 11.4 Å². The van der Waals surface area contributed by atoms with Gasteiger partial charge < -0.3 is 4.74 Å². The molecule has 0 atom stereocenters. The van der Waals surface area contributed by atoms with Crippen LogP contribution in [0, 0.1) is 12.7 Å². The second-order valence-electron chi connectivity index (χ2n) is 5.74. The SMILES string of the molecule is CCc1cccc(-n2nnn(C)c2=O)c1COc1c(C)cccc1F. The third kappa shape index (κ3) is 3.17. The van der Waals surface area contributed by atoms with E-state index >= 15 is 0 Å². The summed E-state index contributed by atoms with van der Waals surface area (Å²) in [4.78, 5) is 12.2. The van der Waals surface area contributed by atoms with Gasteiger partial charge in [-0.25, -0.2) is 9.18 Å². The van der Waals surface area contributed by atoms with Crippen molar-refractivity contribution < 1.29 is 9.13 Å². The highest BCUT2D eigenvalue weighted by Crippen LogP contribution is 2.25. The molecule has 3 rings (SSSR count). The summed E-state index contributed by atoms with van der Waals surface area (Å²) in [6, 6.07) is 10.4. The van der Waals surface area contributed by atoms with Gasteiger partial charge in [0.05, 0.1) is 5.69 Å². The van der Waals surface area contributed by atoms with Crippen LogP contribution in [0.4, 0.5) is 4.39 Å². The third-order valence-corrected chi connectivity index (χ3v) is 4.10. The first-order valence-electron chi connectivity index (χ1n) is 8.01. The van der Waals surface area contributed by atoms with Gasteiger partial charge in [0.15, 0.2) is 11.6 Å². The first-order chi connectivity index (χ1) is 12.0. The minimum Gasteiger partial charge on any atom is -0.485 e. The molecule has 0 radical (unpaired) electrons. The fourth-order valence-corrected chi connectivity index (χ4v) is 2.73. The van der Waals surface area contributed by atoms with Crippen molar-refractivity contribution in [3.05, 3.63) is 69.4 Å². The van der Waals surface area contributed by atoms with Crippen LogP contribution < -0.4 is 10.4 Å². The molecular formula is C18H19FN4O2. The van der Waals surface area contributed by atoms with Gasteiger partial charge in [0.1, 0.15) is 6.61 Å². The van der Waals surface area contributed by atoms with Crippen molar-refractivity contribution in [2.24, 2.45) is 7.05 Å². The molecule has 0 amide bonds. The highest BCUT2D eigenvalue weighted by atomic mass is 19.1. The minimum absolute atomic E-state index is 0.129. The van der Waals surface area contributed by atoms with E-state index in [2.05, 4.69) is 10.4 Å². The lowest BCUT2D eigenvalue weighted by atomic mass is 10.0. The predicted octanol–water partition coefficient (Wildman–Crippen LogP) is 2.55. The maximum atomic E-state index is 14.0. The van der Waals surface area contributed by atoms with Crippen molar-refractivity contribution in [1.82, 2.24) is 19.8 Å². The van der Waals surface area contributed by atoms with Gasteiger partial charge in [-0.05, 0) is 47.0 Å². The Kier molecular flexibility index (Phi) is 4.65. The zero-order chi connectivity index (χ0) is 18.0. The van der Waals surface area contributed by atoms with E-state index in [9.17, 15) is 9.18 Å². The molecule has 0 saturated heterocycles. The number of aromatic nitrogens is 4. The predicted molar refractivity (Wildman–Crippen MR) is 91.4 cm³/mol. The van der Waals surface area contributed by atoms with E-state index in [1.807, 2.05) is 19.1 Å². The zero-order valence-corrected chi connectivity index (χ0v) is 14.4. The van der Waals surface area contributed by atoms with E-state index in [4.69, 9.17) is 4.74 Å². The molecule has 0 aliphatic heterocycles. The number of ether oxygens (including phenoxy) is 1. The monoisotopic (exact) mass is 342 g/mol. The van der Waals surface area contributed by atoms with Crippen molar-refractivity contribution in [2.75, 3.05) is 0 Å². The van der Waals surface area contributed by atoms with Gasteiger partial charge in [0, 0.05) is 12.6 Å². The second kappa shape index (κ2) is 6.88. The molecule has 0 saturated carbocycles. The number of nitrogens with zero attached hydrogens (tertiary/aromatic N) is 4. The number of para-hydroxylation sites is 1. The maximum absolute atomic E-state index is 14.0. The summed E-state index contributed by atoms with van der Waals surface area (Å²) >= 11 is 0. The quantitative estimate of drug-likeness (QED) is 0.715. The van der Waals surface area contributed by atoms with E-state index in [0.29, 0.717) is 11.3 Å². The molecule has 6 nitrogen and oxygen atoms in total. The maximum Gasteiger partial charge on any atom is 0.368 e. The van der Waals surface area contributed by atoms with Crippen molar-refractivity contribution in [3.63, 3.8) is 0 Å². The molecule has 130 valence electrons. The summed E-state index contributed by atoms with van der Waals surface area (Å²) in [7, 11) is 1.54. The van der Waals surface area contributed by atoms with Crippen molar-refractivity contribution in [1.29, 1.82) is 0 Å². The molecule has 0 N–H and O–H groups in total. The van der Waals surface area contributed by atoms with E-state index in [1.54, 1.807) is 25.1 Å². The van der Waals surface area contributed by atoms with Crippen LogP contribution in [0.3, 0.4) is 0 Å².